The van der Waals surface area contributed by atoms with Crippen molar-refractivity contribution in [1.29, 1.82) is 0 Å². The summed E-state index contributed by atoms with van der Waals surface area (Å²) in [4.78, 5) is 16.9. The summed E-state index contributed by atoms with van der Waals surface area (Å²) in [5.41, 5.74) is 0.804. The molecule has 3 aromatic rings. The second-order valence-corrected chi connectivity index (χ2v) is 7.59. The molecular weight excluding hydrogens is 381 g/mol. The van der Waals surface area contributed by atoms with Crippen molar-refractivity contribution in [1.82, 2.24) is 9.55 Å². The van der Waals surface area contributed by atoms with Crippen molar-refractivity contribution >= 4 is 17.0 Å². The van der Waals surface area contributed by atoms with Gasteiger partial charge in [0.1, 0.15) is 5.65 Å². The van der Waals surface area contributed by atoms with Gasteiger partial charge in [-0.1, -0.05) is 13.3 Å². The third-order valence-corrected chi connectivity index (χ3v) is 5.55. The number of alkyl halides is 3. The van der Waals surface area contributed by atoms with Crippen LogP contribution in [0.15, 0.2) is 42.6 Å². The Morgan fingerprint density at radius 3 is 2.76 bits per heavy atom. The zero-order chi connectivity index (χ0) is 20.8. The lowest BCUT2D eigenvalue weighted by Gasteiger charge is -2.25. The molecule has 1 aliphatic rings. The van der Waals surface area contributed by atoms with E-state index in [2.05, 4.69) is 4.98 Å². The molecule has 1 unspecified atom stereocenters. The maximum atomic E-state index is 13.4. The number of hydrogen-bond acceptors (Lipinski definition) is 3. The monoisotopic (exact) mass is 402 g/mol. The van der Waals surface area contributed by atoms with Gasteiger partial charge in [-0.05, 0) is 55.3 Å². The van der Waals surface area contributed by atoms with Crippen LogP contribution in [0.25, 0.3) is 16.7 Å². The van der Waals surface area contributed by atoms with E-state index in [1.807, 2.05) is 29.7 Å². The van der Waals surface area contributed by atoms with E-state index in [0.717, 1.165) is 36.1 Å². The van der Waals surface area contributed by atoms with Crippen molar-refractivity contribution in [3.05, 3.63) is 59.4 Å². The molecular formula is C22H21F3N2O2. The minimum atomic E-state index is -4.46. The Morgan fingerprint density at radius 1 is 1.24 bits per heavy atom. The molecule has 29 heavy (non-hydrogen) atoms. The van der Waals surface area contributed by atoms with E-state index in [4.69, 9.17) is 4.74 Å². The average Bonchev–Trinajstić information content (AvgIpc) is 3.16. The van der Waals surface area contributed by atoms with E-state index >= 15 is 0 Å². The molecule has 0 fully saturated rings. The van der Waals surface area contributed by atoms with Gasteiger partial charge in [-0.2, -0.15) is 13.2 Å². The summed E-state index contributed by atoms with van der Waals surface area (Å²) in [6.45, 7) is 4.10. The number of carbonyl (C=O) groups is 1. The summed E-state index contributed by atoms with van der Waals surface area (Å²) in [5, 5.41) is 0.874. The summed E-state index contributed by atoms with van der Waals surface area (Å²) >= 11 is 0. The second kappa shape index (κ2) is 6.90. The van der Waals surface area contributed by atoms with Crippen LogP contribution in [0.2, 0.25) is 0 Å². The van der Waals surface area contributed by atoms with Crippen LogP contribution < -0.4 is 0 Å². The molecule has 1 atom stereocenters. The van der Waals surface area contributed by atoms with E-state index < -0.39 is 23.1 Å². The lowest BCUT2D eigenvalue weighted by Crippen LogP contribution is -2.26. The largest absolute Gasteiger partial charge is 0.466 e. The standard InChI is InChI=1S/C22H21F3N2O2/c1-3-4-10-29-19(28)13-21(2)16-12-15(22(23,24)25)7-8-17(16)27-18(21)11-14-6-5-9-26-20(14)27/h5-9,11-12H,3-4,10,13H2,1-2H3. The van der Waals surface area contributed by atoms with Crippen LogP contribution in [-0.2, 0) is 21.1 Å². The lowest BCUT2D eigenvalue weighted by molar-refractivity contribution is -0.144. The van der Waals surface area contributed by atoms with Gasteiger partial charge in [-0.25, -0.2) is 4.98 Å². The molecule has 3 heterocycles. The molecule has 0 N–H and O–H groups in total. The smallest absolute Gasteiger partial charge is 0.416 e. The summed E-state index contributed by atoms with van der Waals surface area (Å²) < 4.78 is 47.3. The quantitative estimate of drug-likeness (QED) is 0.424. The van der Waals surface area contributed by atoms with E-state index in [9.17, 15) is 18.0 Å². The first-order chi connectivity index (χ1) is 13.8. The van der Waals surface area contributed by atoms with Crippen molar-refractivity contribution in [3.63, 3.8) is 0 Å². The fourth-order valence-corrected chi connectivity index (χ4v) is 4.03. The van der Waals surface area contributed by atoms with Gasteiger partial charge in [-0.3, -0.25) is 9.36 Å². The molecule has 0 aliphatic carbocycles. The van der Waals surface area contributed by atoms with Crippen molar-refractivity contribution in [2.45, 2.75) is 44.7 Å². The number of hydrogen-bond donors (Lipinski definition) is 0. The van der Waals surface area contributed by atoms with Crippen LogP contribution in [0.4, 0.5) is 13.2 Å². The van der Waals surface area contributed by atoms with Gasteiger partial charge in [0, 0.05) is 22.7 Å². The topological polar surface area (TPSA) is 44.1 Å². The highest BCUT2D eigenvalue weighted by atomic mass is 19.4. The molecule has 0 saturated carbocycles. The maximum absolute atomic E-state index is 13.4. The number of ether oxygens (including phenoxy) is 1. The number of benzene rings is 1. The zero-order valence-corrected chi connectivity index (χ0v) is 16.2. The zero-order valence-electron chi connectivity index (χ0n) is 16.2. The number of unbranched alkanes of at least 4 members (excludes halogenated alkanes) is 1. The minimum absolute atomic E-state index is 0.0403. The Kier molecular flexibility index (Phi) is 4.63. The number of rotatable bonds is 5. The van der Waals surface area contributed by atoms with Crippen molar-refractivity contribution < 1.29 is 22.7 Å². The highest BCUT2D eigenvalue weighted by Gasteiger charge is 2.45. The molecule has 0 radical (unpaired) electrons. The van der Waals surface area contributed by atoms with Crippen molar-refractivity contribution in [2.75, 3.05) is 6.61 Å². The van der Waals surface area contributed by atoms with Crippen LogP contribution in [0, 0.1) is 0 Å². The van der Waals surface area contributed by atoms with Gasteiger partial charge in [0.2, 0.25) is 0 Å². The van der Waals surface area contributed by atoms with Gasteiger partial charge in [0.25, 0.3) is 0 Å². The first-order valence-corrected chi connectivity index (χ1v) is 9.60. The summed E-state index contributed by atoms with van der Waals surface area (Å²) in [5.74, 6) is -0.420. The highest BCUT2D eigenvalue weighted by molar-refractivity contribution is 5.85. The van der Waals surface area contributed by atoms with Gasteiger partial charge < -0.3 is 4.74 Å². The Morgan fingerprint density at radius 2 is 2.03 bits per heavy atom. The van der Waals surface area contributed by atoms with Crippen LogP contribution in [-0.4, -0.2) is 22.1 Å². The fourth-order valence-electron chi connectivity index (χ4n) is 4.03. The highest BCUT2D eigenvalue weighted by Crippen LogP contribution is 2.49. The van der Waals surface area contributed by atoms with Gasteiger partial charge in [0.15, 0.2) is 0 Å². The summed E-state index contributed by atoms with van der Waals surface area (Å²) in [7, 11) is 0. The number of nitrogens with zero attached hydrogens (tertiary/aromatic N) is 2. The van der Waals surface area contributed by atoms with E-state index in [1.165, 1.54) is 6.07 Å². The van der Waals surface area contributed by atoms with E-state index in [-0.39, 0.29) is 6.42 Å². The first kappa shape index (κ1) is 19.5. The normalized spacial score (nSPS) is 18.0. The lowest BCUT2D eigenvalue weighted by atomic mass is 9.77. The Hall–Kier alpha value is -2.83. The molecule has 152 valence electrons. The molecule has 7 heteroatoms. The van der Waals surface area contributed by atoms with E-state index in [1.54, 1.807) is 13.1 Å². The average molecular weight is 402 g/mol. The Labute approximate surface area is 166 Å². The van der Waals surface area contributed by atoms with Gasteiger partial charge in [0.05, 0.1) is 24.3 Å². The van der Waals surface area contributed by atoms with Gasteiger partial charge in [-0.15, -0.1) is 0 Å². The third-order valence-electron chi connectivity index (χ3n) is 5.55. The SMILES string of the molecule is CCCCOC(=O)CC1(C)c2cc(C(F)(F)F)ccc2-n2c1cc1cccnc12. The molecule has 0 saturated heterocycles. The predicted octanol–water partition coefficient (Wildman–Crippen LogP) is 5.40. The molecule has 0 amide bonds. The molecule has 0 bridgehead atoms. The number of fused-ring (bicyclic) bond motifs is 5. The number of halogens is 3. The number of carbonyl (C=O) groups excluding carboxylic acids is 1. The molecule has 4 rings (SSSR count). The fraction of sp³-hybridized carbons (Fsp3) is 0.364. The van der Waals surface area contributed by atoms with E-state index in [0.29, 0.717) is 23.5 Å². The van der Waals surface area contributed by atoms with Crippen LogP contribution in [0.3, 0.4) is 0 Å². The predicted molar refractivity (Wildman–Crippen MR) is 103 cm³/mol. The van der Waals surface area contributed by atoms with Crippen LogP contribution in [0.5, 0.6) is 0 Å². The Balaban J connectivity index is 1.85. The molecule has 1 aromatic carbocycles. The maximum Gasteiger partial charge on any atom is 0.416 e. The first-order valence-electron chi connectivity index (χ1n) is 9.60. The van der Waals surface area contributed by atoms with Crippen molar-refractivity contribution in [3.8, 4) is 5.69 Å². The number of esters is 1. The molecule has 2 aromatic heterocycles. The number of pyridine rings is 1. The van der Waals surface area contributed by atoms with Gasteiger partial charge >= 0.3 is 12.1 Å². The summed E-state index contributed by atoms with van der Waals surface area (Å²) in [6, 6.07) is 9.29. The number of aromatic nitrogens is 2. The molecule has 4 nitrogen and oxygen atoms in total. The molecule has 1 aliphatic heterocycles. The summed E-state index contributed by atoms with van der Waals surface area (Å²) in [6.07, 6.45) is -1.21. The van der Waals surface area contributed by atoms with Crippen LogP contribution >= 0.6 is 0 Å². The minimum Gasteiger partial charge on any atom is -0.466 e. The molecule has 0 spiro atoms. The third kappa shape index (κ3) is 3.18. The van der Waals surface area contributed by atoms with Crippen LogP contribution in [0.1, 0.15) is 49.9 Å². The second-order valence-electron chi connectivity index (χ2n) is 7.59. The Bertz CT molecular complexity index is 1090. The van der Waals surface area contributed by atoms with Crippen molar-refractivity contribution in [2.24, 2.45) is 0 Å².